The number of rotatable bonds is 6. The standard InChI is InChI=1S/C27H19F6N5O2S/c1-16-2-8-22(9-3-16)41(39,40)37-21-6-4-20(5-7-21)36-24-25-35-15-23(38(25)11-10-34-24)17-12-18(26(28,29)30)14-19(13-17)27(31,32)33/h2-15,37H,1H3,(H,34,36). The summed E-state index contributed by atoms with van der Waals surface area (Å²) >= 11 is 0. The monoisotopic (exact) mass is 591 g/mol. The van der Waals surface area contributed by atoms with Crippen LogP contribution in [0.15, 0.2) is 90.2 Å². The third-order valence-electron chi connectivity index (χ3n) is 6.04. The fourth-order valence-corrected chi connectivity index (χ4v) is 5.07. The molecule has 0 saturated heterocycles. The zero-order valence-electron chi connectivity index (χ0n) is 20.9. The molecule has 0 saturated carbocycles. The van der Waals surface area contributed by atoms with Gasteiger partial charge < -0.3 is 5.32 Å². The molecule has 0 atom stereocenters. The van der Waals surface area contributed by atoms with Gasteiger partial charge in [0, 0.05) is 29.3 Å². The van der Waals surface area contributed by atoms with E-state index in [9.17, 15) is 34.8 Å². The van der Waals surface area contributed by atoms with Crippen molar-refractivity contribution in [1.82, 2.24) is 14.4 Å². The molecule has 2 aromatic heterocycles. The van der Waals surface area contributed by atoms with Gasteiger partial charge in [0.25, 0.3) is 10.0 Å². The van der Waals surface area contributed by atoms with Crippen LogP contribution in [0.25, 0.3) is 16.9 Å². The number of anilines is 3. The minimum Gasteiger partial charge on any atom is -0.337 e. The molecule has 5 aromatic rings. The number of benzene rings is 3. The molecule has 2 N–H and O–H groups in total. The number of aryl methyl sites for hydroxylation is 1. The molecule has 212 valence electrons. The van der Waals surface area contributed by atoms with Crippen LogP contribution in [0.4, 0.5) is 43.5 Å². The van der Waals surface area contributed by atoms with E-state index in [-0.39, 0.29) is 39.4 Å². The molecule has 3 aromatic carbocycles. The Kier molecular flexibility index (Phi) is 6.89. The molecule has 0 unspecified atom stereocenters. The lowest BCUT2D eigenvalue weighted by Crippen LogP contribution is -2.12. The van der Waals surface area contributed by atoms with Crippen molar-refractivity contribution in [2.75, 3.05) is 10.0 Å². The van der Waals surface area contributed by atoms with Gasteiger partial charge in [0.05, 0.1) is 27.9 Å². The van der Waals surface area contributed by atoms with E-state index in [0.717, 1.165) is 11.8 Å². The molecule has 0 aliphatic rings. The van der Waals surface area contributed by atoms with E-state index in [1.807, 2.05) is 6.92 Å². The maximum atomic E-state index is 13.4. The Balaban J connectivity index is 1.43. The summed E-state index contributed by atoms with van der Waals surface area (Å²) in [6.45, 7) is 1.84. The molecular weight excluding hydrogens is 572 g/mol. The normalized spacial score (nSPS) is 12.5. The zero-order chi connectivity index (χ0) is 29.6. The van der Waals surface area contributed by atoms with Gasteiger partial charge in [0.2, 0.25) is 0 Å². The lowest BCUT2D eigenvalue weighted by Gasteiger charge is -2.14. The summed E-state index contributed by atoms with van der Waals surface area (Å²) < 4.78 is 109. The lowest BCUT2D eigenvalue weighted by molar-refractivity contribution is -0.143. The molecule has 7 nitrogen and oxygen atoms in total. The van der Waals surface area contributed by atoms with E-state index in [1.165, 1.54) is 41.1 Å². The molecule has 14 heteroatoms. The van der Waals surface area contributed by atoms with Crippen molar-refractivity contribution in [3.63, 3.8) is 0 Å². The number of nitrogens with one attached hydrogen (secondary N) is 2. The first-order valence-corrected chi connectivity index (χ1v) is 13.3. The third kappa shape index (κ3) is 5.96. The molecule has 0 aliphatic heterocycles. The minimum atomic E-state index is -4.99. The van der Waals surface area contributed by atoms with Crippen molar-refractivity contribution < 1.29 is 34.8 Å². The SMILES string of the molecule is Cc1ccc(S(=O)(=O)Nc2ccc(Nc3nccn4c(-c5cc(C(F)(F)F)cc(C(F)(F)F)c5)cnc34)cc2)cc1. The Morgan fingerprint density at radius 2 is 1.37 bits per heavy atom. The van der Waals surface area contributed by atoms with Gasteiger partial charge in [-0.05, 0) is 61.5 Å². The average Bonchev–Trinajstić information content (AvgIpc) is 3.34. The molecular formula is C27H19F6N5O2S. The predicted octanol–water partition coefficient (Wildman–Crippen LogP) is 7.29. The number of hydrogen-bond donors (Lipinski definition) is 2. The number of nitrogens with zero attached hydrogens (tertiary/aromatic N) is 3. The Morgan fingerprint density at radius 3 is 1.95 bits per heavy atom. The minimum absolute atomic E-state index is 0.0112. The Labute approximate surface area is 229 Å². The van der Waals surface area contributed by atoms with E-state index in [1.54, 1.807) is 24.3 Å². The highest BCUT2D eigenvalue weighted by atomic mass is 32.2. The van der Waals surface area contributed by atoms with Crippen molar-refractivity contribution >= 4 is 32.9 Å². The molecule has 0 bridgehead atoms. The van der Waals surface area contributed by atoms with Gasteiger partial charge in [-0.25, -0.2) is 18.4 Å². The van der Waals surface area contributed by atoms with E-state index < -0.39 is 33.5 Å². The van der Waals surface area contributed by atoms with Gasteiger partial charge in [-0.1, -0.05) is 17.7 Å². The van der Waals surface area contributed by atoms with E-state index >= 15 is 0 Å². The van der Waals surface area contributed by atoms with Crippen molar-refractivity contribution in [1.29, 1.82) is 0 Å². The molecule has 0 amide bonds. The molecule has 41 heavy (non-hydrogen) atoms. The summed E-state index contributed by atoms with van der Waals surface area (Å²) in [5.74, 6) is 0.162. The fourth-order valence-electron chi connectivity index (χ4n) is 4.01. The molecule has 0 spiro atoms. The number of sulfonamides is 1. The largest absolute Gasteiger partial charge is 0.416 e. The second-order valence-corrected chi connectivity index (χ2v) is 10.7. The Bertz CT molecular complexity index is 1800. The first-order valence-electron chi connectivity index (χ1n) is 11.8. The van der Waals surface area contributed by atoms with Crippen LogP contribution in [0, 0.1) is 6.92 Å². The third-order valence-corrected chi connectivity index (χ3v) is 7.44. The fraction of sp³-hybridized carbons (Fsp3) is 0.111. The highest BCUT2D eigenvalue weighted by molar-refractivity contribution is 7.92. The van der Waals surface area contributed by atoms with Crippen LogP contribution >= 0.6 is 0 Å². The van der Waals surface area contributed by atoms with Gasteiger partial charge in [-0.15, -0.1) is 0 Å². The number of hydrogen-bond acceptors (Lipinski definition) is 5. The Hall–Kier alpha value is -4.59. The Morgan fingerprint density at radius 1 is 0.780 bits per heavy atom. The second-order valence-electron chi connectivity index (χ2n) is 9.03. The summed E-state index contributed by atoms with van der Waals surface area (Å²) in [4.78, 5) is 8.45. The van der Waals surface area contributed by atoms with E-state index in [0.29, 0.717) is 17.8 Å². The van der Waals surface area contributed by atoms with E-state index in [4.69, 9.17) is 0 Å². The van der Waals surface area contributed by atoms with Gasteiger partial charge >= 0.3 is 12.4 Å². The molecule has 5 rings (SSSR count). The van der Waals surface area contributed by atoms with Crippen LogP contribution in [0.1, 0.15) is 16.7 Å². The van der Waals surface area contributed by atoms with Crippen LogP contribution in [0.2, 0.25) is 0 Å². The maximum Gasteiger partial charge on any atom is 0.416 e. The first kappa shape index (κ1) is 28.0. The number of aromatic nitrogens is 3. The average molecular weight is 592 g/mol. The van der Waals surface area contributed by atoms with Crippen molar-refractivity contribution in [3.05, 3.63) is 102 Å². The van der Waals surface area contributed by atoms with Gasteiger partial charge in [0.15, 0.2) is 11.5 Å². The highest BCUT2D eigenvalue weighted by Crippen LogP contribution is 2.39. The van der Waals surface area contributed by atoms with Gasteiger partial charge in [-0.2, -0.15) is 26.3 Å². The number of imidazole rings is 1. The molecule has 0 fully saturated rings. The molecule has 2 heterocycles. The van der Waals surface area contributed by atoms with Crippen LogP contribution in [-0.4, -0.2) is 22.8 Å². The predicted molar refractivity (Wildman–Crippen MR) is 140 cm³/mol. The van der Waals surface area contributed by atoms with Gasteiger partial charge in [-0.3, -0.25) is 9.12 Å². The van der Waals surface area contributed by atoms with Crippen LogP contribution in [0.3, 0.4) is 0 Å². The van der Waals surface area contributed by atoms with Crippen LogP contribution < -0.4 is 10.0 Å². The highest BCUT2D eigenvalue weighted by Gasteiger charge is 2.37. The second kappa shape index (κ2) is 10.1. The summed E-state index contributed by atoms with van der Waals surface area (Å²) in [6.07, 6.45) is -6.17. The first-order chi connectivity index (χ1) is 19.2. The van der Waals surface area contributed by atoms with Crippen LogP contribution in [-0.2, 0) is 22.4 Å². The van der Waals surface area contributed by atoms with Crippen LogP contribution in [0.5, 0.6) is 0 Å². The molecule has 0 aliphatic carbocycles. The lowest BCUT2D eigenvalue weighted by atomic mass is 10.0. The van der Waals surface area contributed by atoms with Crippen molar-refractivity contribution in [2.45, 2.75) is 24.2 Å². The quantitative estimate of drug-likeness (QED) is 0.203. The summed E-state index contributed by atoms with van der Waals surface area (Å²) in [7, 11) is -3.82. The maximum absolute atomic E-state index is 13.4. The zero-order valence-corrected chi connectivity index (χ0v) is 21.7. The van der Waals surface area contributed by atoms with Gasteiger partial charge in [0.1, 0.15) is 0 Å². The van der Waals surface area contributed by atoms with Crippen molar-refractivity contribution in [2.24, 2.45) is 0 Å². The topological polar surface area (TPSA) is 88.4 Å². The van der Waals surface area contributed by atoms with E-state index in [2.05, 4.69) is 20.0 Å². The smallest absolute Gasteiger partial charge is 0.337 e. The summed E-state index contributed by atoms with van der Waals surface area (Å²) in [6, 6.07) is 13.8. The summed E-state index contributed by atoms with van der Waals surface area (Å²) in [5.41, 5.74) is -1.43. The summed E-state index contributed by atoms with van der Waals surface area (Å²) in [5, 5.41) is 2.98. The van der Waals surface area contributed by atoms with Crippen molar-refractivity contribution in [3.8, 4) is 11.3 Å². The number of fused-ring (bicyclic) bond motifs is 1. The number of halogens is 6. The molecule has 0 radical (unpaired) electrons. The number of alkyl halides is 6.